The van der Waals surface area contributed by atoms with E-state index in [9.17, 15) is 9.90 Å². The third kappa shape index (κ3) is 4.57. The van der Waals surface area contributed by atoms with Crippen LogP contribution in [0, 0.1) is 0 Å². The standard InChI is InChI=1S/C23H28N4O3/c1-23(2,3)30-22(29)24-16-6-9-20-19(14-16)21(26-25-20)15-4-7-17(8-5-15)27-12-10-18(28)11-13-27/h4-9,14,18,28H,10-13H2,1-3H3,(H,24,29)(H,25,26). The van der Waals surface area contributed by atoms with Gasteiger partial charge in [0.25, 0.3) is 0 Å². The highest BCUT2D eigenvalue weighted by Gasteiger charge is 2.18. The third-order valence-electron chi connectivity index (χ3n) is 5.18. The third-order valence-corrected chi connectivity index (χ3v) is 5.18. The first-order valence-corrected chi connectivity index (χ1v) is 10.3. The fourth-order valence-corrected chi connectivity index (χ4v) is 3.69. The van der Waals surface area contributed by atoms with Crippen molar-refractivity contribution in [3.63, 3.8) is 0 Å². The monoisotopic (exact) mass is 408 g/mol. The molecular weight excluding hydrogens is 380 g/mol. The number of piperidine rings is 1. The SMILES string of the molecule is CC(C)(C)OC(=O)Nc1ccc2[nH]nc(-c3ccc(N4CCC(O)CC4)cc3)c2c1. The second-order valence-electron chi connectivity index (χ2n) is 8.72. The molecule has 1 saturated heterocycles. The molecular formula is C23H28N4O3. The van der Waals surface area contributed by atoms with Crippen LogP contribution in [0.2, 0.25) is 0 Å². The number of rotatable bonds is 3. The van der Waals surface area contributed by atoms with Crippen LogP contribution >= 0.6 is 0 Å². The molecule has 0 atom stereocenters. The van der Waals surface area contributed by atoms with E-state index in [2.05, 4.69) is 44.7 Å². The van der Waals surface area contributed by atoms with Crippen LogP contribution < -0.4 is 10.2 Å². The number of anilines is 2. The van der Waals surface area contributed by atoms with Crippen molar-refractivity contribution in [3.05, 3.63) is 42.5 Å². The van der Waals surface area contributed by atoms with E-state index < -0.39 is 11.7 Å². The Labute approximate surface area is 176 Å². The van der Waals surface area contributed by atoms with Gasteiger partial charge in [-0.15, -0.1) is 0 Å². The molecule has 0 saturated carbocycles. The summed E-state index contributed by atoms with van der Waals surface area (Å²) in [5.41, 5.74) is 3.98. The zero-order valence-electron chi connectivity index (χ0n) is 17.6. The van der Waals surface area contributed by atoms with Gasteiger partial charge in [-0.2, -0.15) is 5.10 Å². The maximum Gasteiger partial charge on any atom is 0.412 e. The smallest absolute Gasteiger partial charge is 0.412 e. The molecule has 1 aliphatic heterocycles. The van der Waals surface area contributed by atoms with Crippen LogP contribution in [-0.2, 0) is 4.74 Å². The summed E-state index contributed by atoms with van der Waals surface area (Å²) in [6.45, 7) is 7.23. The van der Waals surface area contributed by atoms with Gasteiger partial charge in [0.2, 0.25) is 0 Å². The minimum absolute atomic E-state index is 0.181. The highest BCUT2D eigenvalue weighted by atomic mass is 16.6. The van der Waals surface area contributed by atoms with Crippen LogP contribution in [-0.4, -0.2) is 46.2 Å². The van der Waals surface area contributed by atoms with Gasteiger partial charge in [0, 0.05) is 35.4 Å². The first-order valence-electron chi connectivity index (χ1n) is 10.3. The number of nitrogens with one attached hydrogen (secondary N) is 2. The molecule has 2 heterocycles. The lowest BCUT2D eigenvalue weighted by Gasteiger charge is -2.31. The molecule has 1 fully saturated rings. The number of aliphatic hydroxyl groups is 1. The molecule has 7 heteroatoms. The number of carbonyl (C=O) groups excluding carboxylic acids is 1. The lowest BCUT2D eigenvalue weighted by atomic mass is 10.0. The fourth-order valence-electron chi connectivity index (χ4n) is 3.69. The van der Waals surface area contributed by atoms with Gasteiger partial charge in [-0.3, -0.25) is 10.4 Å². The molecule has 1 aliphatic rings. The highest BCUT2D eigenvalue weighted by Crippen LogP contribution is 2.30. The summed E-state index contributed by atoms with van der Waals surface area (Å²) in [6.07, 6.45) is 0.945. The molecule has 4 rings (SSSR count). The maximum atomic E-state index is 12.1. The van der Waals surface area contributed by atoms with Crippen LogP contribution in [0.25, 0.3) is 22.2 Å². The van der Waals surface area contributed by atoms with Gasteiger partial charge in [0.1, 0.15) is 5.60 Å². The van der Waals surface area contributed by atoms with Crippen molar-refractivity contribution in [3.8, 4) is 11.3 Å². The number of aliphatic hydroxyl groups excluding tert-OH is 1. The number of hydrogen-bond donors (Lipinski definition) is 3. The normalized spacial score (nSPS) is 15.4. The minimum Gasteiger partial charge on any atom is -0.444 e. The summed E-state index contributed by atoms with van der Waals surface area (Å²) in [6, 6.07) is 13.9. The number of aromatic nitrogens is 2. The Balaban J connectivity index is 1.54. The average molecular weight is 409 g/mol. The van der Waals surface area contributed by atoms with Gasteiger partial charge in [0.05, 0.1) is 17.3 Å². The van der Waals surface area contributed by atoms with E-state index in [0.29, 0.717) is 5.69 Å². The predicted octanol–water partition coefficient (Wildman–Crippen LogP) is 4.54. The molecule has 1 aromatic heterocycles. The fraction of sp³-hybridized carbons (Fsp3) is 0.391. The van der Waals surface area contributed by atoms with E-state index in [1.807, 2.05) is 39.0 Å². The van der Waals surface area contributed by atoms with E-state index in [1.165, 1.54) is 0 Å². The van der Waals surface area contributed by atoms with Crippen molar-refractivity contribution in [2.24, 2.45) is 0 Å². The Morgan fingerprint density at radius 3 is 2.53 bits per heavy atom. The number of nitrogens with zero attached hydrogens (tertiary/aromatic N) is 2. The maximum absolute atomic E-state index is 12.1. The zero-order valence-corrected chi connectivity index (χ0v) is 17.6. The molecule has 0 radical (unpaired) electrons. The van der Waals surface area contributed by atoms with E-state index in [-0.39, 0.29) is 6.10 Å². The molecule has 7 nitrogen and oxygen atoms in total. The Bertz CT molecular complexity index is 1030. The first kappa shape index (κ1) is 20.2. The van der Waals surface area contributed by atoms with Crippen molar-refractivity contribution >= 4 is 28.4 Å². The van der Waals surface area contributed by atoms with Crippen LogP contribution in [0.15, 0.2) is 42.5 Å². The average Bonchev–Trinajstić information content (AvgIpc) is 3.10. The molecule has 3 aromatic rings. The summed E-state index contributed by atoms with van der Waals surface area (Å²) in [5, 5.41) is 21.0. The zero-order chi connectivity index (χ0) is 21.3. The van der Waals surface area contributed by atoms with Crippen molar-refractivity contribution in [2.75, 3.05) is 23.3 Å². The van der Waals surface area contributed by atoms with Crippen LogP contribution in [0.5, 0.6) is 0 Å². The summed E-state index contributed by atoms with van der Waals surface area (Å²) in [7, 11) is 0. The van der Waals surface area contributed by atoms with Gasteiger partial charge in [-0.25, -0.2) is 4.79 Å². The molecule has 0 spiro atoms. The summed E-state index contributed by atoms with van der Waals surface area (Å²) >= 11 is 0. The quantitative estimate of drug-likeness (QED) is 0.592. The van der Waals surface area contributed by atoms with E-state index >= 15 is 0 Å². The van der Waals surface area contributed by atoms with Crippen LogP contribution in [0.3, 0.4) is 0 Å². The van der Waals surface area contributed by atoms with Crippen molar-refractivity contribution in [1.29, 1.82) is 0 Å². The van der Waals surface area contributed by atoms with Gasteiger partial charge in [-0.05, 0) is 63.9 Å². The number of amides is 1. The topological polar surface area (TPSA) is 90.5 Å². The number of fused-ring (bicyclic) bond motifs is 1. The van der Waals surface area contributed by atoms with Gasteiger partial charge in [-0.1, -0.05) is 12.1 Å². The summed E-state index contributed by atoms with van der Waals surface area (Å²) in [4.78, 5) is 14.4. The molecule has 3 N–H and O–H groups in total. The minimum atomic E-state index is -0.552. The van der Waals surface area contributed by atoms with E-state index in [4.69, 9.17) is 4.74 Å². The highest BCUT2D eigenvalue weighted by molar-refractivity contribution is 5.97. The molecule has 30 heavy (non-hydrogen) atoms. The second-order valence-corrected chi connectivity index (χ2v) is 8.72. The number of hydrogen-bond acceptors (Lipinski definition) is 5. The Hall–Kier alpha value is -3.06. The lowest BCUT2D eigenvalue weighted by molar-refractivity contribution is 0.0636. The second kappa shape index (κ2) is 7.99. The molecule has 0 unspecified atom stereocenters. The van der Waals surface area contributed by atoms with Crippen LogP contribution in [0.1, 0.15) is 33.6 Å². The largest absolute Gasteiger partial charge is 0.444 e. The number of ether oxygens (including phenoxy) is 1. The Morgan fingerprint density at radius 2 is 1.87 bits per heavy atom. The van der Waals surface area contributed by atoms with Gasteiger partial charge >= 0.3 is 6.09 Å². The van der Waals surface area contributed by atoms with E-state index in [1.54, 1.807) is 0 Å². The van der Waals surface area contributed by atoms with Crippen LogP contribution in [0.4, 0.5) is 16.2 Å². The molecule has 0 aliphatic carbocycles. The molecule has 158 valence electrons. The molecule has 1 amide bonds. The lowest BCUT2D eigenvalue weighted by Crippen LogP contribution is -2.35. The van der Waals surface area contributed by atoms with E-state index in [0.717, 1.165) is 53.8 Å². The van der Waals surface area contributed by atoms with Crippen molar-refractivity contribution in [2.45, 2.75) is 45.3 Å². The van der Waals surface area contributed by atoms with Gasteiger partial charge in [0.15, 0.2) is 0 Å². The molecule has 0 bridgehead atoms. The number of H-pyrrole nitrogens is 1. The number of benzene rings is 2. The first-order chi connectivity index (χ1) is 14.3. The summed E-state index contributed by atoms with van der Waals surface area (Å²) in [5.74, 6) is 0. The van der Waals surface area contributed by atoms with Crippen molar-refractivity contribution in [1.82, 2.24) is 10.2 Å². The predicted molar refractivity (Wildman–Crippen MR) is 119 cm³/mol. The van der Waals surface area contributed by atoms with Gasteiger partial charge < -0.3 is 14.7 Å². The number of carbonyl (C=O) groups is 1. The molecule has 2 aromatic carbocycles. The van der Waals surface area contributed by atoms with Crippen molar-refractivity contribution < 1.29 is 14.6 Å². The Kier molecular flexibility index (Phi) is 5.39. The number of aromatic amines is 1. The Morgan fingerprint density at radius 1 is 1.17 bits per heavy atom. The summed E-state index contributed by atoms with van der Waals surface area (Å²) < 4.78 is 5.33.